The van der Waals surface area contributed by atoms with Gasteiger partial charge in [0.15, 0.2) is 0 Å². The van der Waals surface area contributed by atoms with Crippen molar-refractivity contribution in [1.29, 1.82) is 0 Å². The van der Waals surface area contributed by atoms with Crippen molar-refractivity contribution in [2.75, 3.05) is 14.1 Å². The molecule has 0 aromatic heterocycles. The fourth-order valence-corrected chi connectivity index (χ4v) is 2.08. The molecular formula is C16H33NO. The first-order valence-electron chi connectivity index (χ1n) is 7.78. The second-order valence-corrected chi connectivity index (χ2v) is 5.79. The van der Waals surface area contributed by atoms with Crippen LogP contribution in [0.3, 0.4) is 0 Å². The van der Waals surface area contributed by atoms with E-state index in [1.165, 1.54) is 64.2 Å². The number of nitrogens with zero attached hydrogens (tertiary/aromatic N) is 1. The van der Waals surface area contributed by atoms with Crippen LogP contribution in [0.1, 0.15) is 77.6 Å². The number of quaternary nitrogens is 1. The van der Waals surface area contributed by atoms with Crippen molar-refractivity contribution in [2.45, 2.75) is 77.6 Å². The van der Waals surface area contributed by atoms with Gasteiger partial charge in [-0.3, -0.25) is 0 Å². The Morgan fingerprint density at radius 3 is 1.67 bits per heavy atom. The summed E-state index contributed by atoms with van der Waals surface area (Å²) in [5.41, 5.74) is 0. The second-order valence-electron chi connectivity index (χ2n) is 5.79. The zero-order valence-electron chi connectivity index (χ0n) is 12.8. The minimum absolute atomic E-state index is 0.308. The van der Waals surface area contributed by atoms with Gasteiger partial charge in [0.25, 0.3) is 0 Å². The fraction of sp³-hybridized carbons (Fsp3) is 0.875. The Labute approximate surface area is 114 Å². The molecule has 108 valence electrons. The van der Waals surface area contributed by atoms with E-state index >= 15 is 0 Å². The van der Waals surface area contributed by atoms with Crippen molar-refractivity contribution < 1.29 is 4.65 Å². The summed E-state index contributed by atoms with van der Waals surface area (Å²) in [4.78, 5) is 0. The average molecular weight is 255 g/mol. The predicted octanol–water partition coefficient (Wildman–Crippen LogP) is 5.39. The molecule has 0 rings (SSSR count). The molecule has 0 fully saturated rings. The predicted molar refractivity (Wildman–Crippen MR) is 81.1 cm³/mol. The zero-order chi connectivity index (χ0) is 13.7. The first-order valence-corrected chi connectivity index (χ1v) is 7.78. The van der Waals surface area contributed by atoms with Crippen molar-refractivity contribution in [3.63, 3.8) is 0 Å². The summed E-state index contributed by atoms with van der Waals surface area (Å²) in [7, 11) is 3.30. The molecule has 0 aliphatic rings. The Morgan fingerprint density at radius 2 is 1.22 bits per heavy atom. The summed E-state index contributed by atoms with van der Waals surface area (Å²) >= 11 is 0. The van der Waals surface area contributed by atoms with Gasteiger partial charge in [-0.25, -0.2) is 0 Å². The van der Waals surface area contributed by atoms with Crippen LogP contribution in [-0.4, -0.2) is 18.7 Å². The van der Waals surface area contributed by atoms with E-state index in [9.17, 15) is 5.21 Å². The number of hydroxylamine groups is 3. The Bertz CT molecular complexity index is 194. The maximum Gasteiger partial charge on any atom is 0.0913 e. The molecule has 0 radical (unpaired) electrons. The van der Waals surface area contributed by atoms with Gasteiger partial charge in [0.1, 0.15) is 0 Å². The van der Waals surface area contributed by atoms with Crippen molar-refractivity contribution in [1.82, 2.24) is 0 Å². The highest BCUT2D eigenvalue weighted by Gasteiger charge is 1.94. The molecule has 0 saturated heterocycles. The smallest absolute Gasteiger partial charge is 0.0913 e. The summed E-state index contributed by atoms with van der Waals surface area (Å²) < 4.78 is -0.308. The highest BCUT2D eigenvalue weighted by atomic mass is 16.5. The molecule has 0 aliphatic carbocycles. The lowest BCUT2D eigenvalue weighted by atomic mass is 10.1. The van der Waals surface area contributed by atoms with Gasteiger partial charge in [0.05, 0.1) is 20.3 Å². The number of rotatable bonds is 12. The standard InChI is InChI=1S/C16H33NO/c1-4-5-6-7-8-9-10-11-12-13-14-15-16-17(2,3)18/h15-16H,4-14H2,1-3H3. The fourth-order valence-electron chi connectivity index (χ4n) is 2.08. The largest absolute Gasteiger partial charge is 0.628 e. The highest BCUT2D eigenvalue weighted by molar-refractivity contribution is 4.73. The quantitative estimate of drug-likeness (QED) is 0.261. The van der Waals surface area contributed by atoms with Gasteiger partial charge in [0.2, 0.25) is 0 Å². The van der Waals surface area contributed by atoms with Gasteiger partial charge in [-0.05, 0) is 18.9 Å². The van der Waals surface area contributed by atoms with Gasteiger partial charge < -0.3 is 9.85 Å². The molecular weight excluding hydrogens is 222 g/mol. The third-order valence-electron chi connectivity index (χ3n) is 3.19. The van der Waals surface area contributed by atoms with Crippen LogP contribution in [0.15, 0.2) is 12.3 Å². The van der Waals surface area contributed by atoms with E-state index < -0.39 is 0 Å². The monoisotopic (exact) mass is 255 g/mol. The molecule has 0 saturated carbocycles. The Hall–Kier alpha value is -0.340. The van der Waals surface area contributed by atoms with Crippen LogP contribution in [-0.2, 0) is 0 Å². The lowest BCUT2D eigenvalue weighted by Gasteiger charge is -2.28. The molecule has 2 nitrogen and oxygen atoms in total. The molecule has 0 aromatic carbocycles. The van der Waals surface area contributed by atoms with E-state index in [0.29, 0.717) is 0 Å². The first kappa shape index (κ1) is 17.7. The number of unbranched alkanes of at least 4 members (excludes halogenated alkanes) is 10. The maximum atomic E-state index is 11.2. The third kappa shape index (κ3) is 15.7. The minimum Gasteiger partial charge on any atom is -0.628 e. The van der Waals surface area contributed by atoms with Gasteiger partial charge in [-0.1, -0.05) is 64.7 Å². The normalized spacial score (nSPS) is 12.4. The van der Waals surface area contributed by atoms with E-state index in [1.807, 2.05) is 6.08 Å². The minimum atomic E-state index is -0.308. The zero-order valence-corrected chi connectivity index (χ0v) is 12.8. The highest BCUT2D eigenvalue weighted by Crippen LogP contribution is 2.11. The number of allylic oxidation sites excluding steroid dienone is 1. The molecule has 0 unspecified atom stereocenters. The molecule has 0 spiro atoms. The average Bonchev–Trinajstić information content (AvgIpc) is 2.29. The van der Waals surface area contributed by atoms with Crippen LogP contribution >= 0.6 is 0 Å². The van der Waals surface area contributed by atoms with Crippen LogP contribution < -0.4 is 0 Å². The molecule has 0 heterocycles. The van der Waals surface area contributed by atoms with Crippen molar-refractivity contribution in [2.24, 2.45) is 0 Å². The number of hydrogen-bond donors (Lipinski definition) is 0. The summed E-state index contributed by atoms with van der Waals surface area (Å²) in [6.07, 6.45) is 18.5. The molecule has 2 heteroatoms. The van der Waals surface area contributed by atoms with Crippen LogP contribution in [0.25, 0.3) is 0 Å². The van der Waals surface area contributed by atoms with Crippen LogP contribution in [0.5, 0.6) is 0 Å². The van der Waals surface area contributed by atoms with Crippen LogP contribution in [0.2, 0.25) is 0 Å². The van der Waals surface area contributed by atoms with Crippen molar-refractivity contribution >= 4 is 0 Å². The third-order valence-corrected chi connectivity index (χ3v) is 3.19. The summed E-state index contributed by atoms with van der Waals surface area (Å²) in [6.45, 7) is 2.27. The molecule has 0 aliphatic heterocycles. The molecule has 0 aromatic rings. The van der Waals surface area contributed by atoms with Gasteiger partial charge >= 0.3 is 0 Å². The lowest BCUT2D eigenvalue weighted by Crippen LogP contribution is -2.23. The Balaban J connectivity index is 3.10. The van der Waals surface area contributed by atoms with Crippen molar-refractivity contribution in [3.8, 4) is 0 Å². The van der Waals surface area contributed by atoms with Gasteiger partial charge in [0, 0.05) is 0 Å². The number of hydrogen-bond acceptors (Lipinski definition) is 1. The molecule has 0 N–H and O–H groups in total. The molecule has 0 amide bonds. The summed E-state index contributed by atoms with van der Waals surface area (Å²) in [5.74, 6) is 0. The summed E-state index contributed by atoms with van der Waals surface area (Å²) in [6, 6.07) is 0. The van der Waals surface area contributed by atoms with E-state index in [2.05, 4.69) is 6.92 Å². The molecule has 0 bridgehead atoms. The SMILES string of the molecule is CCCCCCCCCCCCC=C[N+](C)(C)[O-]. The van der Waals surface area contributed by atoms with E-state index in [1.54, 1.807) is 20.3 Å². The Morgan fingerprint density at radius 1 is 0.778 bits per heavy atom. The van der Waals surface area contributed by atoms with E-state index in [-0.39, 0.29) is 4.65 Å². The Kier molecular flexibility index (Phi) is 11.5. The van der Waals surface area contributed by atoms with Crippen LogP contribution in [0.4, 0.5) is 0 Å². The van der Waals surface area contributed by atoms with E-state index in [0.717, 1.165) is 6.42 Å². The van der Waals surface area contributed by atoms with Crippen molar-refractivity contribution in [3.05, 3.63) is 17.5 Å². The second kappa shape index (κ2) is 11.7. The van der Waals surface area contributed by atoms with Gasteiger partial charge in [-0.2, -0.15) is 0 Å². The van der Waals surface area contributed by atoms with Gasteiger partial charge in [-0.15, -0.1) is 0 Å². The van der Waals surface area contributed by atoms with E-state index in [4.69, 9.17) is 0 Å². The molecule has 18 heavy (non-hydrogen) atoms. The lowest BCUT2D eigenvalue weighted by molar-refractivity contribution is -0.785. The topological polar surface area (TPSA) is 23.1 Å². The first-order chi connectivity index (χ1) is 8.56. The maximum absolute atomic E-state index is 11.2. The molecule has 0 atom stereocenters. The summed E-state index contributed by atoms with van der Waals surface area (Å²) in [5, 5.41) is 11.2. The van der Waals surface area contributed by atoms with Crippen LogP contribution in [0, 0.1) is 5.21 Å².